The Morgan fingerprint density at radius 3 is 2.82 bits per heavy atom. The van der Waals surface area contributed by atoms with Crippen LogP contribution in [-0.2, 0) is 5.75 Å². The SMILES string of the molecule is COc1ccc(C)cc1CSc1ncnc2ccc(F)cc12. The molecule has 0 aliphatic rings. The third-order valence-electron chi connectivity index (χ3n) is 3.36. The molecule has 1 heterocycles. The summed E-state index contributed by atoms with van der Waals surface area (Å²) in [6.07, 6.45) is 1.51. The first-order chi connectivity index (χ1) is 10.7. The van der Waals surface area contributed by atoms with Gasteiger partial charge in [-0.3, -0.25) is 0 Å². The lowest BCUT2D eigenvalue weighted by Crippen LogP contribution is -1.93. The zero-order valence-corrected chi connectivity index (χ0v) is 13.2. The predicted molar refractivity (Wildman–Crippen MR) is 86.8 cm³/mol. The summed E-state index contributed by atoms with van der Waals surface area (Å²) in [4.78, 5) is 8.46. The number of methoxy groups -OCH3 is 1. The molecule has 0 unspecified atom stereocenters. The van der Waals surface area contributed by atoms with Gasteiger partial charge in [0.05, 0.1) is 12.6 Å². The van der Waals surface area contributed by atoms with Gasteiger partial charge >= 0.3 is 0 Å². The Hall–Kier alpha value is -2.14. The highest BCUT2D eigenvalue weighted by atomic mass is 32.2. The van der Waals surface area contributed by atoms with E-state index in [2.05, 4.69) is 16.0 Å². The van der Waals surface area contributed by atoms with Crippen molar-refractivity contribution in [3.63, 3.8) is 0 Å². The first-order valence-electron chi connectivity index (χ1n) is 6.84. The van der Waals surface area contributed by atoms with Gasteiger partial charge in [-0.25, -0.2) is 14.4 Å². The van der Waals surface area contributed by atoms with Crippen LogP contribution >= 0.6 is 11.8 Å². The molecule has 0 bridgehead atoms. The number of halogens is 1. The Labute approximate surface area is 132 Å². The number of fused-ring (bicyclic) bond motifs is 1. The van der Waals surface area contributed by atoms with Crippen molar-refractivity contribution in [1.29, 1.82) is 0 Å². The second-order valence-corrected chi connectivity index (χ2v) is 5.91. The summed E-state index contributed by atoms with van der Waals surface area (Å²) in [5.74, 6) is 1.27. The topological polar surface area (TPSA) is 35.0 Å². The first-order valence-corrected chi connectivity index (χ1v) is 7.82. The Morgan fingerprint density at radius 1 is 1.14 bits per heavy atom. The van der Waals surface area contributed by atoms with Crippen LogP contribution in [0.25, 0.3) is 10.9 Å². The van der Waals surface area contributed by atoms with Crippen LogP contribution in [0.3, 0.4) is 0 Å². The molecule has 3 rings (SSSR count). The number of hydrogen-bond acceptors (Lipinski definition) is 4. The standard InChI is InChI=1S/C17H15FN2OS/c1-11-3-6-16(21-2)12(7-11)9-22-17-14-8-13(18)4-5-15(14)19-10-20-17/h3-8,10H,9H2,1-2H3. The van der Waals surface area contributed by atoms with Crippen molar-refractivity contribution in [2.24, 2.45) is 0 Å². The van der Waals surface area contributed by atoms with Crippen molar-refractivity contribution in [2.45, 2.75) is 17.7 Å². The highest BCUT2D eigenvalue weighted by molar-refractivity contribution is 7.98. The zero-order valence-electron chi connectivity index (χ0n) is 12.3. The van der Waals surface area contributed by atoms with Gasteiger partial charge in [-0.15, -0.1) is 11.8 Å². The largest absolute Gasteiger partial charge is 0.496 e. The zero-order chi connectivity index (χ0) is 15.5. The van der Waals surface area contributed by atoms with Gasteiger partial charge in [0.1, 0.15) is 22.9 Å². The van der Waals surface area contributed by atoms with Gasteiger partial charge in [0.25, 0.3) is 0 Å². The van der Waals surface area contributed by atoms with Crippen molar-refractivity contribution in [3.05, 3.63) is 59.7 Å². The summed E-state index contributed by atoms with van der Waals surface area (Å²) < 4.78 is 18.9. The number of rotatable bonds is 4. The van der Waals surface area contributed by atoms with E-state index < -0.39 is 0 Å². The molecule has 0 saturated carbocycles. The maximum Gasteiger partial charge on any atom is 0.124 e. The van der Waals surface area contributed by atoms with Gasteiger partial charge in [-0.1, -0.05) is 17.7 Å². The van der Waals surface area contributed by atoms with Crippen LogP contribution in [0.1, 0.15) is 11.1 Å². The monoisotopic (exact) mass is 314 g/mol. The van der Waals surface area contributed by atoms with Crippen molar-refractivity contribution in [2.75, 3.05) is 7.11 Å². The maximum absolute atomic E-state index is 13.5. The predicted octanol–water partition coefficient (Wildman–Crippen LogP) is 4.38. The molecule has 2 aromatic carbocycles. The first kappa shape index (κ1) is 14.8. The molecule has 0 spiro atoms. The van der Waals surface area contributed by atoms with E-state index in [1.54, 1.807) is 24.9 Å². The number of aryl methyl sites for hydroxylation is 1. The lowest BCUT2D eigenvalue weighted by Gasteiger charge is -2.10. The Balaban J connectivity index is 1.91. The molecule has 0 fully saturated rings. The third-order valence-corrected chi connectivity index (χ3v) is 4.42. The number of ether oxygens (including phenoxy) is 1. The number of benzene rings is 2. The molecule has 0 aliphatic heterocycles. The molecule has 0 atom stereocenters. The number of hydrogen-bond donors (Lipinski definition) is 0. The molecule has 0 N–H and O–H groups in total. The Morgan fingerprint density at radius 2 is 2.00 bits per heavy atom. The summed E-state index contributed by atoms with van der Waals surface area (Å²) in [5, 5.41) is 1.51. The number of nitrogens with zero attached hydrogens (tertiary/aromatic N) is 2. The molecular weight excluding hydrogens is 299 g/mol. The van der Waals surface area contributed by atoms with Crippen LogP contribution < -0.4 is 4.74 Å². The second-order valence-electron chi connectivity index (χ2n) is 4.94. The molecule has 0 radical (unpaired) electrons. The summed E-state index contributed by atoms with van der Waals surface area (Å²) >= 11 is 1.55. The molecule has 0 saturated heterocycles. The minimum Gasteiger partial charge on any atom is -0.496 e. The number of aromatic nitrogens is 2. The molecule has 5 heteroatoms. The van der Waals surface area contributed by atoms with E-state index in [0.717, 1.165) is 27.2 Å². The van der Waals surface area contributed by atoms with E-state index in [9.17, 15) is 4.39 Å². The normalized spacial score (nSPS) is 10.9. The second kappa shape index (κ2) is 6.32. The lowest BCUT2D eigenvalue weighted by molar-refractivity contribution is 0.411. The quantitative estimate of drug-likeness (QED) is 0.529. The van der Waals surface area contributed by atoms with E-state index >= 15 is 0 Å². The molecule has 0 amide bonds. The van der Waals surface area contributed by atoms with E-state index in [0.29, 0.717) is 5.75 Å². The van der Waals surface area contributed by atoms with Crippen LogP contribution in [0.15, 0.2) is 47.8 Å². The van der Waals surface area contributed by atoms with Crippen LogP contribution in [0.5, 0.6) is 5.75 Å². The van der Waals surface area contributed by atoms with Crippen molar-refractivity contribution >= 4 is 22.7 Å². The molecule has 1 aromatic heterocycles. The van der Waals surface area contributed by atoms with Gasteiger partial charge in [-0.05, 0) is 31.2 Å². The highest BCUT2D eigenvalue weighted by Crippen LogP contribution is 2.31. The summed E-state index contributed by atoms with van der Waals surface area (Å²) in [6.45, 7) is 2.04. The summed E-state index contributed by atoms with van der Waals surface area (Å²) in [6, 6.07) is 10.6. The summed E-state index contributed by atoms with van der Waals surface area (Å²) in [7, 11) is 1.66. The van der Waals surface area contributed by atoms with E-state index in [1.165, 1.54) is 24.0 Å². The van der Waals surface area contributed by atoms with Gasteiger partial charge in [0.2, 0.25) is 0 Å². The highest BCUT2D eigenvalue weighted by Gasteiger charge is 2.09. The molecule has 22 heavy (non-hydrogen) atoms. The van der Waals surface area contributed by atoms with Crippen LogP contribution in [-0.4, -0.2) is 17.1 Å². The number of thioether (sulfide) groups is 1. The minimum atomic E-state index is -0.280. The molecule has 112 valence electrons. The fourth-order valence-electron chi connectivity index (χ4n) is 2.29. The smallest absolute Gasteiger partial charge is 0.124 e. The van der Waals surface area contributed by atoms with Crippen LogP contribution in [0.2, 0.25) is 0 Å². The maximum atomic E-state index is 13.5. The van der Waals surface area contributed by atoms with E-state index in [1.807, 2.05) is 19.1 Å². The average molecular weight is 314 g/mol. The van der Waals surface area contributed by atoms with Crippen molar-refractivity contribution in [3.8, 4) is 5.75 Å². The Bertz CT molecular complexity index is 823. The van der Waals surface area contributed by atoms with Gasteiger partial charge in [0.15, 0.2) is 0 Å². The third kappa shape index (κ3) is 3.04. The van der Waals surface area contributed by atoms with Gasteiger partial charge in [0, 0.05) is 16.7 Å². The molecule has 0 aliphatic carbocycles. The Kier molecular flexibility index (Phi) is 4.24. The summed E-state index contributed by atoms with van der Waals surface area (Å²) in [5.41, 5.74) is 3.01. The van der Waals surface area contributed by atoms with Gasteiger partial charge < -0.3 is 4.74 Å². The van der Waals surface area contributed by atoms with Crippen molar-refractivity contribution in [1.82, 2.24) is 9.97 Å². The lowest BCUT2D eigenvalue weighted by atomic mass is 10.1. The van der Waals surface area contributed by atoms with Crippen molar-refractivity contribution < 1.29 is 9.13 Å². The molecule has 3 nitrogen and oxygen atoms in total. The van der Waals surface area contributed by atoms with Gasteiger partial charge in [-0.2, -0.15) is 0 Å². The fraction of sp³-hybridized carbons (Fsp3) is 0.176. The van der Waals surface area contributed by atoms with Crippen LogP contribution in [0.4, 0.5) is 4.39 Å². The fourth-order valence-corrected chi connectivity index (χ4v) is 3.24. The molecule has 3 aromatic rings. The van der Waals surface area contributed by atoms with E-state index in [-0.39, 0.29) is 5.82 Å². The minimum absolute atomic E-state index is 0.280. The van der Waals surface area contributed by atoms with Crippen LogP contribution in [0, 0.1) is 12.7 Å². The average Bonchev–Trinajstić information content (AvgIpc) is 2.53. The molecular formula is C17H15FN2OS. The van der Waals surface area contributed by atoms with E-state index in [4.69, 9.17) is 4.74 Å².